The number of aliphatic hydroxyl groups is 2. The van der Waals surface area contributed by atoms with Gasteiger partial charge in [0.15, 0.2) is 0 Å². The summed E-state index contributed by atoms with van der Waals surface area (Å²) in [6.07, 6.45) is -0.534. The fourth-order valence-corrected chi connectivity index (χ4v) is 2.17. The quantitative estimate of drug-likeness (QED) is 0.844. The van der Waals surface area contributed by atoms with Crippen LogP contribution in [0, 0.1) is 0 Å². The van der Waals surface area contributed by atoms with Crippen molar-refractivity contribution in [3.8, 4) is 0 Å². The Morgan fingerprint density at radius 3 is 2.80 bits per heavy atom. The molecule has 110 valence electrons. The van der Waals surface area contributed by atoms with Gasteiger partial charge in [-0.05, 0) is 18.9 Å². The standard InChI is InChI=1S/C15H21NO4/c1-15(19)7-8-16(9-13(15)17)14(18)11-20-10-12-5-3-2-4-6-12/h2-6,13,17,19H,7-11H2,1H3/t13-,15-/m0/s1. The number of carbonyl (C=O) groups excluding carboxylic acids is 1. The molecule has 20 heavy (non-hydrogen) atoms. The summed E-state index contributed by atoms with van der Waals surface area (Å²) in [4.78, 5) is 13.5. The minimum absolute atomic E-state index is 0.0102. The van der Waals surface area contributed by atoms with E-state index in [0.29, 0.717) is 19.6 Å². The molecule has 1 fully saturated rings. The van der Waals surface area contributed by atoms with Crippen LogP contribution in [0.2, 0.25) is 0 Å². The van der Waals surface area contributed by atoms with E-state index in [1.54, 1.807) is 6.92 Å². The van der Waals surface area contributed by atoms with Gasteiger partial charge in [-0.3, -0.25) is 4.79 Å². The lowest BCUT2D eigenvalue weighted by molar-refractivity contribution is -0.150. The molecule has 0 spiro atoms. The first-order valence-electron chi connectivity index (χ1n) is 6.79. The van der Waals surface area contributed by atoms with Crippen LogP contribution in [0.25, 0.3) is 0 Å². The first kappa shape index (κ1) is 15.0. The molecule has 1 saturated heterocycles. The molecule has 1 amide bonds. The van der Waals surface area contributed by atoms with Crippen molar-refractivity contribution in [2.75, 3.05) is 19.7 Å². The average molecular weight is 279 g/mol. The van der Waals surface area contributed by atoms with E-state index < -0.39 is 11.7 Å². The van der Waals surface area contributed by atoms with Gasteiger partial charge < -0.3 is 19.8 Å². The van der Waals surface area contributed by atoms with Crippen molar-refractivity contribution in [1.82, 2.24) is 4.90 Å². The molecule has 0 saturated carbocycles. The lowest BCUT2D eigenvalue weighted by atomic mass is 9.91. The van der Waals surface area contributed by atoms with E-state index in [9.17, 15) is 15.0 Å². The van der Waals surface area contributed by atoms with Crippen LogP contribution >= 0.6 is 0 Å². The lowest BCUT2D eigenvalue weighted by Crippen LogP contribution is -2.55. The van der Waals surface area contributed by atoms with Crippen molar-refractivity contribution in [3.63, 3.8) is 0 Å². The number of β-amino-alcohol motifs (C(OH)–C–C–N with tert-alkyl or cyclic N) is 1. The molecule has 2 atom stereocenters. The monoisotopic (exact) mass is 279 g/mol. The second-order valence-corrected chi connectivity index (χ2v) is 5.44. The maximum atomic E-state index is 12.0. The topological polar surface area (TPSA) is 70.0 Å². The van der Waals surface area contributed by atoms with E-state index in [1.165, 1.54) is 4.90 Å². The zero-order valence-corrected chi connectivity index (χ0v) is 11.7. The van der Waals surface area contributed by atoms with E-state index in [0.717, 1.165) is 5.56 Å². The van der Waals surface area contributed by atoms with Gasteiger partial charge in [0.05, 0.1) is 18.3 Å². The Kier molecular flexibility index (Phi) is 4.75. The van der Waals surface area contributed by atoms with Crippen molar-refractivity contribution in [3.05, 3.63) is 35.9 Å². The number of ether oxygens (including phenoxy) is 1. The van der Waals surface area contributed by atoms with Gasteiger partial charge >= 0.3 is 0 Å². The number of carbonyl (C=O) groups is 1. The molecular weight excluding hydrogens is 258 g/mol. The molecule has 2 N–H and O–H groups in total. The number of amides is 1. The van der Waals surface area contributed by atoms with Crippen LogP contribution in [0.3, 0.4) is 0 Å². The fraction of sp³-hybridized carbons (Fsp3) is 0.533. The van der Waals surface area contributed by atoms with Gasteiger partial charge in [0.1, 0.15) is 6.61 Å². The Morgan fingerprint density at radius 1 is 1.45 bits per heavy atom. The summed E-state index contributed by atoms with van der Waals surface area (Å²) in [5.41, 5.74) is -0.0938. The van der Waals surface area contributed by atoms with Crippen LogP contribution in [0.5, 0.6) is 0 Å². The summed E-state index contributed by atoms with van der Waals surface area (Å²) in [6, 6.07) is 9.64. The molecule has 1 aromatic rings. The van der Waals surface area contributed by atoms with Crippen LogP contribution in [0.15, 0.2) is 30.3 Å². The van der Waals surface area contributed by atoms with E-state index in [4.69, 9.17) is 4.74 Å². The minimum Gasteiger partial charge on any atom is -0.388 e. The van der Waals surface area contributed by atoms with Crippen molar-refractivity contribution in [2.45, 2.75) is 31.7 Å². The number of hydrogen-bond donors (Lipinski definition) is 2. The number of piperidine rings is 1. The molecule has 1 aliphatic heterocycles. The molecule has 0 aliphatic carbocycles. The highest BCUT2D eigenvalue weighted by atomic mass is 16.5. The Bertz CT molecular complexity index is 446. The normalized spacial score (nSPS) is 26.6. The molecule has 1 heterocycles. The lowest BCUT2D eigenvalue weighted by Gasteiger charge is -2.39. The number of hydrogen-bond acceptors (Lipinski definition) is 4. The summed E-state index contributed by atoms with van der Waals surface area (Å²) in [5.74, 6) is -0.157. The number of rotatable bonds is 4. The van der Waals surface area contributed by atoms with Crippen LogP contribution in [0.4, 0.5) is 0 Å². The second kappa shape index (κ2) is 6.35. The third-order valence-corrected chi connectivity index (χ3v) is 3.69. The number of nitrogens with zero attached hydrogens (tertiary/aromatic N) is 1. The highest BCUT2D eigenvalue weighted by Gasteiger charge is 2.37. The van der Waals surface area contributed by atoms with Crippen LogP contribution in [0.1, 0.15) is 18.9 Å². The molecule has 5 heteroatoms. The van der Waals surface area contributed by atoms with Crippen LogP contribution in [-0.4, -0.2) is 52.4 Å². The average Bonchev–Trinajstić information content (AvgIpc) is 2.43. The van der Waals surface area contributed by atoms with Crippen molar-refractivity contribution >= 4 is 5.91 Å². The van der Waals surface area contributed by atoms with Gasteiger partial charge in [-0.15, -0.1) is 0 Å². The number of benzene rings is 1. The van der Waals surface area contributed by atoms with E-state index in [1.807, 2.05) is 30.3 Å². The Balaban J connectivity index is 1.76. The summed E-state index contributed by atoms with van der Waals surface area (Å²) in [6.45, 7) is 2.56. The highest BCUT2D eigenvalue weighted by Crippen LogP contribution is 2.21. The van der Waals surface area contributed by atoms with Gasteiger partial charge in [-0.25, -0.2) is 0 Å². The zero-order valence-electron chi connectivity index (χ0n) is 11.7. The number of aliphatic hydroxyl groups excluding tert-OH is 1. The SMILES string of the molecule is C[C@]1(O)CCN(C(=O)COCc2ccccc2)C[C@@H]1O. The van der Waals surface area contributed by atoms with E-state index >= 15 is 0 Å². The van der Waals surface area contributed by atoms with Crippen molar-refractivity contribution < 1.29 is 19.7 Å². The van der Waals surface area contributed by atoms with Crippen molar-refractivity contribution in [1.29, 1.82) is 0 Å². The maximum Gasteiger partial charge on any atom is 0.248 e. The smallest absolute Gasteiger partial charge is 0.248 e. The fourth-order valence-electron chi connectivity index (χ4n) is 2.17. The predicted octanol–water partition coefficient (Wildman–Crippen LogP) is 0.547. The van der Waals surface area contributed by atoms with Crippen LogP contribution in [-0.2, 0) is 16.1 Å². The maximum absolute atomic E-state index is 12.0. The van der Waals surface area contributed by atoms with E-state index in [2.05, 4.69) is 0 Å². The largest absolute Gasteiger partial charge is 0.388 e. The number of likely N-dealkylation sites (tertiary alicyclic amines) is 1. The minimum atomic E-state index is -1.11. The Labute approximate surface area is 118 Å². The summed E-state index contributed by atoms with van der Waals surface area (Å²) < 4.78 is 5.39. The zero-order chi connectivity index (χ0) is 14.6. The third-order valence-electron chi connectivity index (χ3n) is 3.69. The molecule has 1 aliphatic rings. The highest BCUT2D eigenvalue weighted by molar-refractivity contribution is 5.77. The van der Waals surface area contributed by atoms with Gasteiger partial charge in [0.25, 0.3) is 0 Å². The molecular formula is C15H21NO4. The molecule has 0 radical (unpaired) electrons. The second-order valence-electron chi connectivity index (χ2n) is 5.44. The van der Waals surface area contributed by atoms with Gasteiger partial charge in [0, 0.05) is 13.1 Å². The Hall–Kier alpha value is -1.43. The predicted molar refractivity (Wildman–Crippen MR) is 73.9 cm³/mol. The Morgan fingerprint density at radius 2 is 2.15 bits per heavy atom. The summed E-state index contributed by atoms with van der Waals surface area (Å²) in [5, 5.41) is 19.6. The molecule has 0 bridgehead atoms. The first-order valence-corrected chi connectivity index (χ1v) is 6.79. The third kappa shape index (κ3) is 3.79. The molecule has 2 rings (SSSR count). The molecule has 5 nitrogen and oxygen atoms in total. The van der Waals surface area contributed by atoms with E-state index in [-0.39, 0.29) is 19.1 Å². The first-order chi connectivity index (χ1) is 9.49. The summed E-state index contributed by atoms with van der Waals surface area (Å²) >= 11 is 0. The van der Waals surface area contributed by atoms with Crippen molar-refractivity contribution in [2.24, 2.45) is 0 Å². The van der Waals surface area contributed by atoms with Gasteiger partial charge in [-0.1, -0.05) is 30.3 Å². The van der Waals surface area contributed by atoms with Gasteiger partial charge in [0.2, 0.25) is 5.91 Å². The molecule has 0 unspecified atom stereocenters. The molecule has 0 aromatic heterocycles. The van der Waals surface area contributed by atoms with Gasteiger partial charge in [-0.2, -0.15) is 0 Å². The molecule has 1 aromatic carbocycles. The summed E-state index contributed by atoms with van der Waals surface area (Å²) in [7, 11) is 0. The van der Waals surface area contributed by atoms with Crippen LogP contribution < -0.4 is 0 Å².